The molecule has 4 aromatic rings. The lowest BCUT2D eigenvalue weighted by molar-refractivity contribution is -0.113. The fraction of sp³-hybridized carbons (Fsp3) is 0.200. The van der Waals surface area contributed by atoms with Gasteiger partial charge in [-0.1, -0.05) is 35.5 Å². The van der Waals surface area contributed by atoms with Crippen LogP contribution in [0.15, 0.2) is 59.1 Å². The van der Waals surface area contributed by atoms with Gasteiger partial charge in [-0.3, -0.25) is 4.79 Å². The smallest absolute Gasteiger partial charge is 0.341 e. The van der Waals surface area contributed by atoms with Gasteiger partial charge in [0.15, 0.2) is 11.0 Å². The maximum absolute atomic E-state index is 12.8. The third kappa shape index (κ3) is 5.56. The van der Waals surface area contributed by atoms with Gasteiger partial charge in [-0.05, 0) is 48.9 Å². The Morgan fingerprint density at radius 2 is 1.75 bits per heavy atom. The van der Waals surface area contributed by atoms with Crippen LogP contribution in [0.3, 0.4) is 0 Å². The zero-order valence-electron chi connectivity index (χ0n) is 19.8. The number of rotatable bonds is 9. The monoisotopic (exact) mass is 542 g/mol. The number of amides is 1. The zero-order valence-corrected chi connectivity index (χ0v) is 22.2. The number of aromatic nitrogens is 3. The lowest BCUT2D eigenvalue weighted by atomic mass is 10.0. The molecule has 2 aromatic carbocycles. The average molecular weight is 543 g/mol. The van der Waals surface area contributed by atoms with Crippen molar-refractivity contribution in [3.05, 3.63) is 64.5 Å². The Hall–Kier alpha value is -3.34. The summed E-state index contributed by atoms with van der Waals surface area (Å²) in [4.78, 5) is 25.4. The quantitative estimate of drug-likeness (QED) is 0.208. The molecular weight excluding hydrogens is 520 g/mol. The fourth-order valence-electron chi connectivity index (χ4n) is 3.52. The van der Waals surface area contributed by atoms with Crippen molar-refractivity contribution in [2.45, 2.75) is 18.6 Å². The second-order valence-corrected chi connectivity index (χ2v) is 9.73. The van der Waals surface area contributed by atoms with Crippen LogP contribution in [0.25, 0.3) is 22.5 Å². The molecule has 4 rings (SSSR count). The summed E-state index contributed by atoms with van der Waals surface area (Å²) >= 11 is 8.53. The lowest BCUT2D eigenvalue weighted by Gasteiger charge is -2.09. The largest absolute Gasteiger partial charge is 0.497 e. The average Bonchev–Trinajstić information content (AvgIpc) is 3.51. The molecule has 0 unspecified atom stereocenters. The number of thioether (sulfide) groups is 1. The van der Waals surface area contributed by atoms with Gasteiger partial charge in [-0.25, -0.2) is 4.79 Å². The molecule has 0 atom stereocenters. The van der Waals surface area contributed by atoms with E-state index in [1.54, 1.807) is 19.2 Å². The molecule has 8 nitrogen and oxygen atoms in total. The first kappa shape index (κ1) is 25.7. The van der Waals surface area contributed by atoms with Crippen molar-refractivity contribution in [3.8, 4) is 28.3 Å². The Bertz CT molecular complexity index is 1370. The molecule has 2 aromatic heterocycles. The van der Waals surface area contributed by atoms with E-state index < -0.39 is 5.97 Å². The normalized spacial score (nSPS) is 10.8. The first-order valence-electron chi connectivity index (χ1n) is 10.9. The van der Waals surface area contributed by atoms with Gasteiger partial charge in [0.1, 0.15) is 16.3 Å². The summed E-state index contributed by atoms with van der Waals surface area (Å²) < 4.78 is 12.1. The minimum atomic E-state index is -0.525. The summed E-state index contributed by atoms with van der Waals surface area (Å²) in [6.07, 6.45) is 0. The zero-order chi connectivity index (χ0) is 25.7. The molecule has 0 radical (unpaired) electrons. The van der Waals surface area contributed by atoms with Crippen molar-refractivity contribution in [2.75, 3.05) is 25.3 Å². The van der Waals surface area contributed by atoms with Crippen LogP contribution >= 0.6 is 34.7 Å². The highest BCUT2D eigenvalue weighted by molar-refractivity contribution is 7.99. The van der Waals surface area contributed by atoms with E-state index in [4.69, 9.17) is 21.1 Å². The van der Waals surface area contributed by atoms with Crippen molar-refractivity contribution in [1.29, 1.82) is 0 Å². The molecule has 0 spiro atoms. The second kappa shape index (κ2) is 11.6. The van der Waals surface area contributed by atoms with E-state index in [1.807, 2.05) is 53.3 Å². The van der Waals surface area contributed by atoms with Crippen LogP contribution in [0.1, 0.15) is 17.3 Å². The van der Waals surface area contributed by atoms with Gasteiger partial charge >= 0.3 is 5.97 Å². The highest BCUT2D eigenvalue weighted by Gasteiger charge is 2.23. The number of methoxy groups -OCH3 is 2. The van der Waals surface area contributed by atoms with Gasteiger partial charge in [0.25, 0.3) is 0 Å². The number of anilines is 1. The van der Waals surface area contributed by atoms with Gasteiger partial charge in [-0.2, -0.15) is 0 Å². The van der Waals surface area contributed by atoms with Crippen LogP contribution in [-0.4, -0.2) is 46.6 Å². The second-order valence-electron chi connectivity index (χ2n) is 7.47. The molecule has 186 valence electrons. The Balaban J connectivity index is 1.50. The van der Waals surface area contributed by atoms with E-state index >= 15 is 0 Å². The first-order valence-corrected chi connectivity index (χ1v) is 13.2. The molecule has 0 aliphatic heterocycles. The number of hydrogen-bond acceptors (Lipinski definition) is 8. The number of esters is 1. The molecule has 0 saturated carbocycles. The van der Waals surface area contributed by atoms with E-state index in [1.165, 1.54) is 30.2 Å². The summed E-state index contributed by atoms with van der Waals surface area (Å²) in [5, 5.41) is 14.9. The predicted octanol–water partition coefficient (Wildman–Crippen LogP) is 5.87. The van der Waals surface area contributed by atoms with E-state index in [0.29, 0.717) is 44.4 Å². The minimum absolute atomic E-state index is 0.0924. The van der Waals surface area contributed by atoms with Crippen LogP contribution in [0.5, 0.6) is 5.75 Å². The van der Waals surface area contributed by atoms with E-state index in [-0.39, 0.29) is 11.7 Å². The molecule has 0 aliphatic rings. The topological polar surface area (TPSA) is 95.3 Å². The third-order valence-electron chi connectivity index (χ3n) is 5.30. The molecule has 36 heavy (non-hydrogen) atoms. The maximum Gasteiger partial charge on any atom is 0.341 e. The van der Waals surface area contributed by atoms with Crippen LogP contribution in [0.2, 0.25) is 5.02 Å². The Morgan fingerprint density at radius 1 is 1.06 bits per heavy atom. The van der Waals surface area contributed by atoms with Crippen molar-refractivity contribution >= 4 is 51.6 Å². The molecule has 1 N–H and O–H groups in total. The molecular formula is C25H23ClN4O4S2. The SMILES string of the molecule is CCn1c(SCC(=O)Nc2scc(-c3ccc(OC)cc3)c2C(=O)OC)nnc1-c1ccc(Cl)cc1. The van der Waals surface area contributed by atoms with Crippen molar-refractivity contribution in [3.63, 3.8) is 0 Å². The fourth-order valence-corrected chi connectivity index (χ4v) is 5.43. The molecule has 11 heteroatoms. The molecule has 0 aliphatic carbocycles. The third-order valence-corrected chi connectivity index (χ3v) is 7.42. The van der Waals surface area contributed by atoms with Crippen LogP contribution in [0.4, 0.5) is 5.00 Å². The van der Waals surface area contributed by atoms with E-state index in [2.05, 4.69) is 15.5 Å². The molecule has 0 fully saturated rings. The van der Waals surface area contributed by atoms with E-state index in [9.17, 15) is 9.59 Å². The molecule has 2 heterocycles. The van der Waals surface area contributed by atoms with E-state index in [0.717, 1.165) is 11.1 Å². The van der Waals surface area contributed by atoms with Gasteiger partial charge in [-0.15, -0.1) is 21.5 Å². The number of hydrogen-bond donors (Lipinski definition) is 1. The summed E-state index contributed by atoms with van der Waals surface area (Å²) in [6.45, 7) is 2.62. The van der Waals surface area contributed by atoms with Crippen molar-refractivity contribution in [1.82, 2.24) is 14.8 Å². The molecule has 1 amide bonds. The predicted molar refractivity (Wildman–Crippen MR) is 143 cm³/mol. The van der Waals surface area contributed by atoms with Crippen LogP contribution in [0, 0.1) is 0 Å². The Labute approximate surface area is 221 Å². The van der Waals surface area contributed by atoms with Gasteiger partial charge in [0, 0.05) is 28.1 Å². The lowest BCUT2D eigenvalue weighted by Crippen LogP contribution is -2.16. The number of carbonyl (C=O) groups excluding carboxylic acids is 2. The number of carbonyl (C=O) groups is 2. The number of thiophene rings is 1. The number of ether oxygens (including phenoxy) is 2. The summed E-state index contributed by atoms with van der Waals surface area (Å²) in [6, 6.07) is 14.7. The first-order chi connectivity index (χ1) is 17.4. The highest BCUT2D eigenvalue weighted by Crippen LogP contribution is 2.37. The van der Waals surface area contributed by atoms with Crippen LogP contribution < -0.4 is 10.1 Å². The van der Waals surface area contributed by atoms with Crippen molar-refractivity contribution in [2.24, 2.45) is 0 Å². The number of nitrogens with one attached hydrogen (secondary N) is 1. The Morgan fingerprint density at radius 3 is 2.39 bits per heavy atom. The standard InChI is InChI=1S/C25H23ClN4O4S2/c1-4-30-22(16-5-9-17(26)10-6-16)28-29-25(30)36-14-20(31)27-23-21(24(32)34-3)19(13-35-23)15-7-11-18(33-2)12-8-15/h5-13H,4,14H2,1-3H3,(H,27,31). The van der Waals surface area contributed by atoms with Gasteiger partial charge in [0.2, 0.25) is 5.91 Å². The number of benzene rings is 2. The molecule has 0 saturated heterocycles. The van der Waals surface area contributed by atoms with Gasteiger partial charge < -0.3 is 19.4 Å². The Kier molecular flexibility index (Phi) is 8.29. The number of halogens is 1. The minimum Gasteiger partial charge on any atom is -0.497 e. The summed E-state index contributed by atoms with van der Waals surface area (Å²) in [7, 11) is 2.90. The summed E-state index contributed by atoms with van der Waals surface area (Å²) in [5.74, 6) is 0.704. The van der Waals surface area contributed by atoms with Gasteiger partial charge in [0.05, 0.1) is 20.0 Å². The number of nitrogens with zero attached hydrogens (tertiary/aromatic N) is 3. The highest BCUT2D eigenvalue weighted by atomic mass is 35.5. The summed E-state index contributed by atoms with van der Waals surface area (Å²) in [5.41, 5.74) is 2.69. The maximum atomic E-state index is 12.8. The molecule has 0 bridgehead atoms. The van der Waals surface area contributed by atoms with Crippen molar-refractivity contribution < 1.29 is 19.1 Å². The van der Waals surface area contributed by atoms with Crippen LogP contribution in [-0.2, 0) is 16.1 Å².